The first-order valence-electron chi connectivity index (χ1n) is 9.19. The first kappa shape index (κ1) is 22.5. The number of methoxy groups -OCH3 is 1. The highest BCUT2D eigenvalue weighted by Crippen LogP contribution is 2.14. The highest BCUT2D eigenvalue weighted by atomic mass is 16.5. The molecule has 0 aromatic heterocycles. The number of nitrogens with zero attached hydrogens (tertiary/aromatic N) is 1. The zero-order valence-electron chi connectivity index (χ0n) is 16.6. The number of carbonyl (C=O) groups is 3. The molecular weight excluding hydrogens is 348 g/mol. The molecule has 2 amide bonds. The summed E-state index contributed by atoms with van der Waals surface area (Å²) in [5.41, 5.74) is 0.876. The van der Waals surface area contributed by atoms with Crippen molar-refractivity contribution in [1.82, 2.24) is 10.2 Å². The number of hydrogen-bond acceptors (Lipinski definition) is 5. The molecular formula is C20H30N2O5. The number of benzene rings is 1. The lowest BCUT2D eigenvalue weighted by Gasteiger charge is -2.25. The predicted octanol–water partition coefficient (Wildman–Crippen LogP) is 1.79. The fraction of sp³-hybridized carbons (Fsp3) is 0.550. The molecule has 0 aliphatic heterocycles. The van der Waals surface area contributed by atoms with Crippen LogP contribution in [0.25, 0.3) is 0 Å². The van der Waals surface area contributed by atoms with Crippen molar-refractivity contribution in [2.75, 3.05) is 33.4 Å². The molecule has 7 nitrogen and oxygen atoms in total. The third kappa shape index (κ3) is 8.57. The van der Waals surface area contributed by atoms with Crippen LogP contribution in [-0.2, 0) is 25.5 Å². The summed E-state index contributed by atoms with van der Waals surface area (Å²) in [5.74, 6) is -0.182. The lowest BCUT2D eigenvalue weighted by Crippen LogP contribution is -2.39. The molecule has 1 aromatic carbocycles. The van der Waals surface area contributed by atoms with Crippen molar-refractivity contribution in [3.63, 3.8) is 0 Å². The molecule has 0 fully saturated rings. The van der Waals surface area contributed by atoms with Crippen LogP contribution in [0, 0.1) is 5.92 Å². The first-order chi connectivity index (χ1) is 12.9. The summed E-state index contributed by atoms with van der Waals surface area (Å²) in [5, 5.41) is 2.71. The van der Waals surface area contributed by atoms with E-state index in [2.05, 4.69) is 5.32 Å². The van der Waals surface area contributed by atoms with Crippen LogP contribution >= 0.6 is 0 Å². The van der Waals surface area contributed by atoms with Crippen LogP contribution in [0.5, 0.6) is 5.75 Å². The Labute approximate surface area is 161 Å². The fourth-order valence-corrected chi connectivity index (χ4v) is 2.62. The summed E-state index contributed by atoms with van der Waals surface area (Å²) < 4.78 is 10.2. The van der Waals surface area contributed by atoms with E-state index in [1.54, 1.807) is 11.8 Å². The Balaban J connectivity index is 2.71. The maximum absolute atomic E-state index is 12.8. The Morgan fingerprint density at radius 3 is 2.41 bits per heavy atom. The summed E-state index contributed by atoms with van der Waals surface area (Å²) >= 11 is 0. The topological polar surface area (TPSA) is 84.9 Å². The van der Waals surface area contributed by atoms with Crippen molar-refractivity contribution in [3.8, 4) is 5.75 Å². The van der Waals surface area contributed by atoms with E-state index in [1.165, 1.54) is 14.0 Å². The molecule has 0 heterocycles. The predicted molar refractivity (Wildman–Crippen MR) is 102 cm³/mol. The van der Waals surface area contributed by atoms with Crippen LogP contribution in [0.1, 0.15) is 32.8 Å². The number of hydrogen-bond donors (Lipinski definition) is 1. The Morgan fingerprint density at radius 2 is 1.85 bits per heavy atom. The van der Waals surface area contributed by atoms with E-state index < -0.39 is 5.92 Å². The number of carbonyl (C=O) groups excluding carboxylic acids is 3. The van der Waals surface area contributed by atoms with E-state index in [0.717, 1.165) is 11.3 Å². The third-order valence-electron chi connectivity index (χ3n) is 4.02. The van der Waals surface area contributed by atoms with Crippen molar-refractivity contribution < 1.29 is 23.9 Å². The van der Waals surface area contributed by atoms with Gasteiger partial charge in [-0.25, -0.2) is 0 Å². The Morgan fingerprint density at radius 1 is 1.19 bits per heavy atom. The maximum Gasteiger partial charge on any atom is 0.310 e. The number of amides is 2. The standard InChI is InChI=1S/C20H30N2O5/c1-5-27-18-9-7-17(8-10-18)13-19(24)22(12-6-11-21-16(3)23)14-15(2)20(25)26-4/h7-10,15H,5-6,11-14H2,1-4H3,(H,21,23). The van der Waals surface area contributed by atoms with Gasteiger partial charge >= 0.3 is 5.97 Å². The molecule has 1 aromatic rings. The second-order valence-corrected chi connectivity index (χ2v) is 6.35. The summed E-state index contributed by atoms with van der Waals surface area (Å²) in [7, 11) is 1.34. The third-order valence-corrected chi connectivity index (χ3v) is 4.02. The van der Waals surface area contributed by atoms with Crippen LogP contribution in [0.15, 0.2) is 24.3 Å². The van der Waals surface area contributed by atoms with Gasteiger partial charge in [0.2, 0.25) is 11.8 Å². The maximum atomic E-state index is 12.8. The van der Waals surface area contributed by atoms with Gasteiger partial charge in [-0.05, 0) is 31.0 Å². The lowest BCUT2D eigenvalue weighted by molar-refractivity contribution is -0.146. The fourth-order valence-electron chi connectivity index (χ4n) is 2.62. The van der Waals surface area contributed by atoms with Crippen LogP contribution in [0.4, 0.5) is 0 Å². The summed E-state index contributed by atoms with van der Waals surface area (Å²) in [6, 6.07) is 7.40. The van der Waals surface area contributed by atoms with Gasteiger partial charge in [-0.15, -0.1) is 0 Å². The van der Waals surface area contributed by atoms with E-state index in [1.807, 2.05) is 31.2 Å². The van der Waals surface area contributed by atoms with E-state index in [9.17, 15) is 14.4 Å². The summed E-state index contributed by atoms with van der Waals surface area (Å²) in [4.78, 5) is 37.1. The minimum Gasteiger partial charge on any atom is -0.494 e. The summed E-state index contributed by atoms with van der Waals surface area (Å²) in [6.45, 7) is 6.91. The molecule has 0 saturated carbocycles. The van der Waals surface area contributed by atoms with E-state index in [4.69, 9.17) is 9.47 Å². The van der Waals surface area contributed by atoms with Crippen LogP contribution in [0.3, 0.4) is 0 Å². The monoisotopic (exact) mass is 378 g/mol. The van der Waals surface area contributed by atoms with Crippen molar-refractivity contribution in [1.29, 1.82) is 0 Å². The Bertz CT molecular complexity index is 615. The normalized spacial score (nSPS) is 11.4. The largest absolute Gasteiger partial charge is 0.494 e. The van der Waals surface area contributed by atoms with Crippen LogP contribution in [0.2, 0.25) is 0 Å². The smallest absolute Gasteiger partial charge is 0.310 e. The molecule has 1 unspecified atom stereocenters. The number of rotatable bonds is 11. The number of ether oxygens (including phenoxy) is 2. The van der Waals surface area contributed by atoms with Crippen molar-refractivity contribution in [3.05, 3.63) is 29.8 Å². The number of nitrogens with one attached hydrogen (secondary N) is 1. The van der Waals surface area contributed by atoms with E-state index >= 15 is 0 Å². The Hall–Kier alpha value is -2.57. The number of esters is 1. The molecule has 27 heavy (non-hydrogen) atoms. The van der Waals surface area contributed by atoms with E-state index in [0.29, 0.717) is 26.1 Å². The van der Waals surface area contributed by atoms with Gasteiger partial charge < -0.3 is 19.7 Å². The molecule has 1 N–H and O–H groups in total. The second-order valence-electron chi connectivity index (χ2n) is 6.35. The van der Waals surface area contributed by atoms with Crippen LogP contribution in [-0.4, -0.2) is 56.0 Å². The molecule has 0 aliphatic rings. The average molecular weight is 378 g/mol. The van der Waals surface area contributed by atoms with Crippen molar-refractivity contribution in [2.45, 2.75) is 33.6 Å². The van der Waals surface area contributed by atoms with E-state index in [-0.39, 0.29) is 30.7 Å². The minimum atomic E-state index is -0.417. The molecule has 1 atom stereocenters. The Kier molecular flexibility index (Phi) is 9.93. The molecule has 7 heteroatoms. The molecule has 0 radical (unpaired) electrons. The van der Waals surface area contributed by atoms with Gasteiger partial charge in [0, 0.05) is 26.6 Å². The molecule has 0 aliphatic carbocycles. The molecule has 150 valence electrons. The van der Waals surface area contributed by atoms with Gasteiger partial charge in [0.1, 0.15) is 5.75 Å². The SMILES string of the molecule is CCOc1ccc(CC(=O)N(CCCNC(C)=O)CC(C)C(=O)OC)cc1. The van der Waals surface area contributed by atoms with Gasteiger partial charge in [0.05, 0.1) is 26.1 Å². The molecule has 0 bridgehead atoms. The molecule has 0 spiro atoms. The zero-order chi connectivity index (χ0) is 20.2. The van der Waals surface area contributed by atoms with Gasteiger partial charge in [-0.3, -0.25) is 14.4 Å². The molecule has 1 rings (SSSR count). The van der Waals surface area contributed by atoms with Crippen molar-refractivity contribution >= 4 is 17.8 Å². The highest BCUT2D eigenvalue weighted by molar-refractivity contribution is 5.80. The second kappa shape index (κ2) is 11.9. The van der Waals surface area contributed by atoms with Gasteiger partial charge in [-0.1, -0.05) is 19.1 Å². The van der Waals surface area contributed by atoms with Gasteiger partial charge in [-0.2, -0.15) is 0 Å². The van der Waals surface area contributed by atoms with Crippen molar-refractivity contribution in [2.24, 2.45) is 5.92 Å². The first-order valence-corrected chi connectivity index (χ1v) is 9.19. The van der Waals surface area contributed by atoms with Gasteiger partial charge in [0.15, 0.2) is 0 Å². The highest BCUT2D eigenvalue weighted by Gasteiger charge is 2.21. The average Bonchev–Trinajstić information content (AvgIpc) is 2.64. The van der Waals surface area contributed by atoms with Gasteiger partial charge in [0.25, 0.3) is 0 Å². The van der Waals surface area contributed by atoms with Crippen LogP contribution < -0.4 is 10.1 Å². The minimum absolute atomic E-state index is 0.0715. The summed E-state index contributed by atoms with van der Waals surface area (Å²) in [6.07, 6.45) is 0.850. The quantitative estimate of drug-likeness (QED) is 0.469. The molecule has 0 saturated heterocycles. The lowest BCUT2D eigenvalue weighted by atomic mass is 10.1. The zero-order valence-corrected chi connectivity index (χ0v) is 16.6.